The molecule has 128 valence electrons. The molecule has 0 atom stereocenters. The lowest BCUT2D eigenvalue weighted by Gasteiger charge is -2.18. The minimum absolute atomic E-state index is 0.0620. The molecule has 25 heavy (non-hydrogen) atoms. The molecular formula is C19H19N3O3. The monoisotopic (exact) mass is 337 g/mol. The van der Waals surface area contributed by atoms with Gasteiger partial charge < -0.3 is 14.2 Å². The van der Waals surface area contributed by atoms with Crippen LogP contribution in [0.3, 0.4) is 0 Å². The number of likely N-dealkylation sites (N-methyl/N-ethyl adjacent to an activating group) is 1. The maximum absolute atomic E-state index is 12.3. The predicted octanol–water partition coefficient (Wildman–Crippen LogP) is 3.08. The van der Waals surface area contributed by atoms with E-state index in [0.29, 0.717) is 29.6 Å². The van der Waals surface area contributed by atoms with Crippen LogP contribution < -0.4 is 4.74 Å². The van der Waals surface area contributed by atoms with Crippen LogP contribution in [0.15, 0.2) is 59.1 Å². The van der Waals surface area contributed by atoms with Crippen molar-refractivity contribution >= 4 is 5.91 Å². The fourth-order valence-corrected chi connectivity index (χ4v) is 2.37. The van der Waals surface area contributed by atoms with E-state index in [-0.39, 0.29) is 12.5 Å². The van der Waals surface area contributed by atoms with Crippen molar-refractivity contribution < 1.29 is 14.1 Å². The molecule has 0 bridgehead atoms. The fraction of sp³-hybridized carbons (Fsp3) is 0.211. The fourth-order valence-electron chi connectivity index (χ4n) is 2.37. The normalized spacial score (nSPS) is 10.5. The minimum atomic E-state index is -0.111. The molecule has 0 aliphatic carbocycles. The third kappa shape index (κ3) is 4.23. The van der Waals surface area contributed by atoms with E-state index < -0.39 is 0 Å². The molecule has 6 heteroatoms. The molecule has 3 rings (SSSR count). The van der Waals surface area contributed by atoms with Crippen LogP contribution in [0, 0.1) is 6.92 Å². The smallest absolute Gasteiger partial charge is 0.261 e. The van der Waals surface area contributed by atoms with E-state index in [1.54, 1.807) is 24.9 Å². The van der Waals surface area contributed by atoms with E-state index in [1.807, 2.05) is 48.5 Å². The van der Waals surface area contributed by atoms with Gasteiger partial charge in [-0.1, -0.05) is 47.6 Å². The Hall–Kier alpha value is -3.15. The molecule has 0 unspecified atom stereocenters. The molecule has 0 saturated heterocycles. The SMILES string of the molecule is Cc1noc(-c2ccccc2OCC(=O)N(C)Cc2ccccc2)n1. The Morgan fingerprint density at radius 3 is 2.56 bits per heavy atom. The molecule has 0 radical (unpaired) electrons. The third-order valence-corrected chi connectivity index (χ3v) is 3.68. The second-order valence-corrected chi connectivity index (χ2v) is 5.67. The largest absolute Gasteiger partial charge is 0.483 e. The summed E-state index contributed by atoms with van der Waals surface area (Å²) in [5.74, 6) is 1.34. The number of benzene rings is 2. The summed E-state index contributed by atoms with van der Waals surface area (Å²) in [4.78, 5) is 18.2. The molecule has 0 saturated carbocycles. The molecule has 1 amide bonds. The average Bonchev–Trinajstić information content (AvgIpc) is 3.07. The number of carbonyl (C=O) groups excluding carboxylic acids is 1. The number of para-hydroxylation sites is 1. The zero-order valence-corrected chi connectivity index (χ0v) is 14.2. The van der Waals surface area contributed by atoms with Crippen molar-refractivity contribution in [3.63, 3.8) is 0 Å². The molecule has 0 aliphatic heterocycles. The second kappa shape index (κ2) is 7.61. The van der Waals surface area contributed by atoms with E-state index in [0.717, 1.165) is 5.56 Å². The Labute approximate surface area is 146 Å². The van der Waals surface area contributed by atoms with Crippen molar-refractivity contribution in [2.75, 3.05) is 13.7 Å². The van der Waals surface area contributed by atoms with Crippen LogP contribution in [0.5, 0.6) is 5.75 Å². The first-order valence-corrected chi connectivity index (χ1v) is 7.94. The van der Waals surface area contributed by atoms with Gasteiger partial charge in [0.2, 0.25) is 0 Å². The summed E-state index contributed by atoms with van der Waals surface area (Å²) < 4.78 is 10.9. The summed E-state index contributed by atoms with van der Waals surface area (Å²) in [5, 5.41) is 3.79. The molecule has 3 aromatic rings. The highest BCUT2D eigenvalue weighted by Gasteiger charge is 2.15. The van der Waals surface area contributed by atoms with Crippen LogP contribution in [-0.4, -0.2) is 34.6 Å². The summed E-state index contributed by atoms with van der Waals surface area (Å²) in [6, 6.07) is 17.1. The highest BCUT2D eigenvalue weighted by molar-refractivity contribution is 5.78. The van der Waals surface area contributed by atoms with Crippen molar-refractivity contribution in [3.8, 4) is 17.2 Å². The van der Waals surface area contributed by atoms with Crippen molar-refractivity contribution in [1.29, 1.82) is 0 Å². The van der Waals surface area contributed by atoms with E-state index in [2.05, 4.69) is 10.1 Å². The lowest BCUT2D eigenvalue weighted by atomic mass is 10.2. The zero-order chi connectivity index (χ0) is 17.6. The summed E-state index contributed by atoms with van der Waals surface area (Å²) in [7, 11) is 1.76. The van der Waals surface area contributed by atoms with Crippen LogP contribution in [0.1, 0.15) is 11.4 Å². The highest BCUT2D eigenvalue weighted by Crippen LogP contribution is 2.28. The standard InChI is InChI=1S/C19H19N3O3/c1-14-20-19(25-21-14)16-10-6-7-11-17(16)24-13-18(23)22(2)12-15-8-4-3-5-9-15/h3-11H,12-13H2,1-2H3. The number of aromatic nitrogens is 2. The Morgan fingerprint density at radius 1 is 1.12 bits per heavy atom. The number of hydrogen-bond acceptors (Lipinski definition) is 5. The lowest BCUT2D eigenvalue weighted by molar-refractivity contribution is -0.132. The van der Waals surface area contributed by atoms with Crippen molar-refractivity contribution in [1.82, 2.24) is 15.0 Å². The summed E-state index contributed by atoms with van der Waals surface area (Å²) in [5.41, 5.74) is 1.74. The van der Waals surface area contributed by atoms with Gasteiger partial charge >= 0.3 is 0 Å². The Balaban J connectivity index is 1.64. The Morgan fingerprint density at radius 2 is 1.84 bits per heavy atom. The van der Waals surface area contributed by atoms with Gasteiger partial charge in [0.25, 0.3) is 11.8 Å². The lowest BCUT2D eigenvalue weighted by Crippen LogP contribution is -2.31. The van der Waals surface area contributed by atoms with Crippen molar-refractivity contribution in [2.24, 2.45) is 0 Å². The number of nitrogens with zero attached hydrogens (tertiary/aromatic N) is 3. The van der Waals surface area contributed by atoms with Crippen molar-refractivity contribution in [3.05, 3.63) is 66.0 Å². The number of rotatable bonds is 6. The maximum atomic E-state index is 12.3. The molecule has 6 nitrogen and oxygen atoms in total. The van der Waals surface area contributed by atoms with E-state index in [9.17, 15) is 4.79 Å². The van der Waals surface area contributed by atoms with Crippen LogP contribution in [0.25, 0.3) is 11.5 Å². The molecule has 0 aliphatic rings. The molecule has 2 aromatic carbocycles. The van der Waals surface area contributed by atoms with Gasteiger partial charge in [-0.3, -0.25) is 4.79 Å². The Kier molecular flexibility index (Phi) is 5.09. The van der Waals surface area contributed by atoms with Gasteiger partial charge in [0.1, 0.15) is 5.75 Å². The van der Waals surface area contributed by atoms with E-state index in [1.165, 1.54) is 0 Å². The topological polar surface area (TPSA) is 68.5 Å². The second-order valence-electron chi connectivity index (χ2n) is 5.67. The third-order valence-electron chi connectivity index (χ3n) is 3.68. The van der Waals surface area contributed by atoms with Crippen molar-refractivity contribution in [2.45, 2.75) is 13.5 Å². The predicted molar refractivity (Wildman–Crippen MR) is 92.9 cm³/mol. The molecule has 1 aromatic heterocycles. The van der Waals surface area contributed by atoms with Gasteiger partial charge in [-0.05, 0) is 24.6 Å². The number of carbonyl (C=O) groups is 1. The van der Waals surface area contributed by atoms with Gasteiger partial charge in [0.15, 0.2) is 12.4 Å². The minimum Gasteiger partial charge on any atom is -0.483 e. The van der Waals surface area contributed by atoms with Crippen LogP contribution >= 0.6 is 0 Å². The number of ether oxygens (including phenoxy) is 1. The first-order valence-electron chi connectivity index (χ1n) is 7.94. The van der Waals surface area contributed by atoms with Gasteiger partial charge in [0, 0.05) is 13.6 Å². The van der Waals surface area contributed by atoms with Gasteiger partial charge in [-0.15, -0.1) is 0 Å². The molecule has 1 heterocycles. The molecule has 0 fully saturated rings. The van der Waals surface area contributed by atoms with Gasteiger partial charge in [0.05, 0.1) is 5.56 Å². The maximum Gasteiger partial charge on any atom is 0.261 e. The first-order chi connectivity index (χ1) is 12.1. The summed E-state index contributed by atoms with van der Waals surface area (Å²) >= 11 is 0. The highest BCUT2D eigenvalue weighted by atomic mass is 16.5. The van der Waals surface area contributed by atoms with Crippen LogP contribution in [0.2, 0.25) is 0 Å². The van der Waals surface area contributed by atoms with E-state index >= 15 is 0 Å². The molecule has 0 spiro atoms. The quantitative estimate of drug-likeness (QED) is 0.691. The number of amides is 1. The average molecular weight is 337 g/mol. The zero-order valence-electron chi connectivity index (χ0n) is 14.2. The van der Waals surface area contributed by atoms with Gasteiger partial charge in [-0.2, -0.15) is 4.98 Å². The summed E-state index contributed by atoms with van der Waals surface area (Å²) in [6.07, 6.45) is 0. The number of hydrogen-bond donors (Lipinski definition) is 0. The molecular weight excluding hydrogens is 318 g/mol. The van der Waals surface area contributed by atoms with Crippen LogP contribution in [0.4, 0.5) is 0 Å². The summed E-state index contributed by atoms with van der Waals surface area (Å²) in [6.45, 7) is 2.22. The van der Waals surface area contributed by atoms with E-state index in [4.69, 9.17) is 9.26 Å². The first kappa shape index (κ1) is 16.7. The van der Waals surface area contributed by atoms with Gasteiger partial charge in [-0.25, -0.2) is 0 Å². The number of aryl methyl sites for hydroxylation is 1. The Bertz CT molecular complexity index is 846. The molecule has 0 N–H and O–H groups in total. The van der Waals surface area contributed by atoms with Crippen LogP contribution in [-0.2, 0) is 11.3 Å².